The fourth-order valence-electron chi connectivity index (χ4n) is 1.79. The van der Waals surface area contributed by atoms with Crippen molar-refractivity contribution in [1.29, 1.82) is 0 Å². The van der Waals surface area contributed by atoms with Crippen LogP contribution in [0.5, 0.6) is 5.75 Å². The van der Waals surface area contributed by atoms with Crippen molar-refractivity contribution in [3.05, 3.63) is 40.8 Å². The van der Waals surface area contributed by atoms with Gasteiger partial charge in [-0.25, -0.2) is 13.2 Å². The molecule has 22 heavy (non-hydrogen) atoms. The number of rotatable bonds is 6. The smallest absolute Gasteiger partial charge is 0.346 e. The maximum atomic E-state index is 12.3. The molecule has 0 saturated heterocycles. The molecule has 0 amide bonds. The molecule has 8 heteroatoms. The fraction of sp³-hybridized carbons (Fsp3) is 0.214. The van der Waals surface area contributed by atoms with Crippen molar-refractivity contribution in [2.24, 2.45) is 0 Å². The number of ether oxygens (including phenoxy) is 1. The van der Waals surface area contributed by atoms with Gasteiger partial charge in [0.05, 0.1) is 6.61 Å². The van der Waals surface area contributed by atoms with Crippen molar-refractivity contribution in [2.75, 3.05) is 11.3 Å². The number of carboxylic acid groups (broad SMARTS) is 1. The van der Waals surface area contributed by atoms with Crippen molar-refractivity contribution in [3.8, 4) is 5.75 Å². The Kier molecular flexibility index (Phi) is 4.72. The second-order valence-electron chi connectivity index (χ2n) is 4.45. The lowest BCUT2D eigenvalue weighted by molar-refractivity contribution is 0.0701. The van der Waals surface area contributed by atoms with Gasteiger partial charge < -0.3 is 9.84 Å². The lowest BCUT2D eigenvalue weighted by Crippen LogP contribution is -2.11. The molecule has 0 unspecified atom stereocenters. The summed E-state index contributed by atoms with van der Waals surface area (Å²) in [6, 6.07) is 7.83. The molecule has 0 saturated carbocycles. The molecular formula is C14H15NO5S2. The summed E-state index contributed by atoms with van der Waals surface area (Å²) < 4.78 is 32.2. The van der Waals surface area contributed by atoms with E-state index in [9.17, 15) is 13.2 Å². The molecule has 2 rings (SSSR count). The summed E-state index contributed by atoms with van der Waals surface area (Å²) in [4.78, 5) is 11.0. The molecule has 0 aliphatic rings. The molecule has 2 N–H and O–H groups in total. The zero-order chi connectivity index (χ0) is 16.3. The average molecular weight is 341 g/mol. The van der Waals surface area contributed by atoms with Crippen LogP contribution in [0.15, 0.2) is 34.5 Å². The lowest BCUT2D eigenvalue weighted by Gasteiger charge is -2.07. The Morgan fingerprint density at radius 1 is 1.32 bits per heavy atom. The van der Waals surface area contributed by atoms with Crippen molar-refractivity contribution in [2.45, 2.75) is 18.1 Å². The van der Waals surface area contributed by atoms with Crippen LogP contribution in [-0.2, 0) is 10.0 Å². The molecule has 0 aliphatic carbocycles. The second kappa shape index (κ2) is 6.37. The minimum atomic E-state index is -3.81. The first-order chi connectivity index (χ1) is 10.3. The van der Waals surface area contributed by atoms with E-state index in [1.807, 2.05) is 6.92 Å². The Morgan fingerprint density at radius 3 is 2.45 bits per heavy atom. The summed E-state index contributed by atoms with van der Waals surface area (Å²) in [5, 5.41) is 9.00. The molecule has 0 aliphatic heterocycles. The second-order valence-corrected chi connectivity index (χ2v) is 7.41. The van der Waals surface area contributed by atoms with Crippen LogP contribution in [0.2, 0.25) is 0 Å². The number of benzene rings is 1. The normalized spacial score (nSPS) is 11.2. The largest absolute Gasteiger partial charge is 0.494 e. The van der Waals surface area contributed by atoms with Gasteiger partial charge in [0.15, 0.2) is 0 Å². The third-order valence-corrected chi connectivity index (χ3v) is 5.85. The number of carboxylic acids is 1. The predicted octanol–water partition coefficient (Wildman–Crippen LogP) is 2.95. The Balaban J connectivity index is 2.24. The van der Waals surface area contributed by atoms with Crippen molar-refractivity contribution in [1.82, 2.24) is 0 Å². The Bertz CT molecular complexity index is 778. The molecule has 1 aromatic heterocycles. The highest BCUT2D eigenvalue weighted by molar-refractivity contribution is 7.94. The molecule has 6 nitrogen and oxygen atoms in total. The van der Waals surface area contributed by atoms with Crippen LogP contribution in [-0.4, -0.2) is 26.1 Å². The third-order valence-electron chi connectivity index (χ3n) is 2.77. The fourth-order valence-corrected chi connectivity index (χ4v) is 4.23. The first-order valence-corrected chi connectivity index (χ1v) is 8.73. The minimum absolute atomic E-state index is 0.0204. The summed E-state index contributed by atoms with van der Waals surface area (Å²) in [5.41, 5.74) is 0.802. The number of hydrogen-bond acceptors (Lipinski definition) is 5. The van der Waals surface area contributed by atoms with E-state index in [0.717, 1.165) is 11.3 Å². The monoisotopic (exact) mass is 341 g/mol. The molecule has 0 radical (unpaired) electrons. The van der Waals surface area contributed by atoms with Crippen LogP contribution in [0.3, 0.4) is 0 Å². The molecular weight excluding hydrogens is 326 g/mol. The molecule has 118 valence electrons. The SMILES string of the molecule is CCOc1ccc(NS(=O)(=O)c2cc(C)c(C(=O)O)s2)cc1. The summed E-state index contributed by atoms with van der Waals surface area (Å²) in [7, 11) is -3.81. The molecule has 2 aromatic rings. The van der Waals surface area contributed by atoms with E-state index in [2.05, 4.69) is 4.72 Å². The summed E-state index contributed by atoms with van der Waals surface area (Å²) in [6.45, 7) is 3.95. The zero-order valence-corrected chi connectivity index (χ0v) is 13.6. The Hall–Kier alpha value is -2.06. The maximum absolute atomic E-state index is 12.3. The standard InChI is InChI=1S/C14H15NO5S2/c1-3-20-11-6-4-10(5-7-11)15-22(18,19)12-8-9(2)13(21-12)14(16)17/h4-8,15H,3H2,1-2H3,(H,16,17). The van der Waals surface area contributed by atoms with E-state index in [-0.39, 0.29) is 9.09 Å². The van der Waals surface area contributed by atoms with Gasteiger partial charge in [0.2, 0.25) is 0 Å². The summed E-state index contributed by atoms with van der Waals surface area (Å²) in [5.74, 6) is -0.490. The lowest BCUT2D eigenvalue weighted by atomic mass is 10.3. The van der Waals surface area contributed by atoms with E-state index in [0.29, 0.717) is 23.6 Å². The van der Waals surface area contributed by atoms with Gasteiger partial charge in [-0.3, -0.25) is 4.72 Å². The van der Waals surface area contributed by atoms with Gasteiger partial charge in [-0.2, -0.15) is 0 Å². The van der Waals surface area contributed by atoms with E-state index < -0.39 is 16.0 Å². The van der Waals surface area contributed by atoms with Gasteiger partial charge in [-0.1, -0.05) is 0 Å². The highest BCUT2D eigenvalue weighted by Crippen LogP contribution is 2.28. The minimum Gasteiger partial charge on any atom is -0.494 e. The molecule has 0 fully saturated rings. The van der Waals surface area contributed by atoms with Crippen LogP contribution in [0.4, 0.5) is 5.69 Å². The first-order valence-electron chi connectivity index (χ1n) is 6.43. The molecule has 0 bridgehead atoms. The number of hydrogen-bond donors (Lipinski definition) is 2. The molecule has 0 spiro atoms. The zero-order valence-electron chi connectivity index (χ0n) is 12.0. The van der Waals surface area contributed by atoms with E-state index in [4.69, 9.17) is 9.84 Å². The van der Waals surface area contributed by atoms with E-state index >= 15 is 0 Å². The van der Waals surface area contributed by atoms with E-state index in [1.165, 1.54) is 6.07 Å². The van der Waals surface area contributed by atoms with Crippen molar-refractivity contribution in [3.63, 3.8) is 0 Å². The maximum Gasteiger partial charge on any atom is 0.346 e. The highest BCUT2D eigenvalue weighted by atomic mass is 32.2. The molecule has 1 aromatic carbocycles. The number of thiophene rings is 1. The van der Waals surface area contributed by atoms with Crippen LogP contribution in [0.1, 0.15) is 22.2 Å². The van der Waals surface area contributed by atoms with E-state index in [1.54, 1.807) is 31.2 Å². The van der Waals surface area contributed by atoms with Gasteiger partial charge in [0.1, 0.15) is 14.8 Å². The highest BCUT2D eigenvalue weighted by Gasteiger charge is 2.21. The predicted molar refractivity (Wildman–Crippen MR) is 84.4 cm³/mol. The number of nitrogens with one attached hydrogen (secondary N) is 1. The summed E-state index contributed by atoms with van der Waals surface area (Å²) in [6.07, 6.45) is 0. The first kappa shape index (κ1) is 16.3. The topological polar surface area (TPSA) is 92.7 Å². The number of carbonyl (C=O) groups is 1. The van der Waals surface area contributed by atoms with Gasteiger partial charge in [-0.15, -0.1) is 11.3 Å². The Morgan fingerprint density at radius 2 is 1.95 bits per heavy atom. The Labute approximate surface area is 132 Å². The third kappa shape index (κ3) is 3.58. The number of sulfonamides is 1. The molecule has 1 heterocycles. The van der Waals surface area contributed by atoms with Crippen molar-refractivity contribution < 1.29 is 23.1 Å². The van der Waals surface area contributed by atoms with Crippen molar-refractivity contribution >= 4 is 33.0 Å². The van der Waals surface area contributed by atoms with Gasteiger partial charge in [0.25, 0.3) is 10.0 Å². The van der Waals surface area contributed by atoms with Gasteiger partial charge in [-0.05, 0) is 49.7 Å². The summed E-state index contributed by atoms with van der Waals surface area (Å²) >= 11 is 0.730. The van der Waals surface area contributed by atoms with Crippen LogP contribution < -0.4 is 9.46 Å². The van der Waals surface area contributed by atoms with Gasteiger partial charge in [0, 0.05) is 5.69 Å². The number of aryl methyl sites for hydroxylation is 1. The van der Waals surface area contributed by atoms with Gasteiger partial charge >= 0.3 is 5.97 Å². The molecule has 0 atom stereocenters. The van der Waals surface area contributed by atoms with Crippen LogP contribution >= 0.6 is 11.3 Å². The average Bonchev–Trinajstić information content (AvgIpc) is 2.84. The number of aromatic carboxylic acids is 1. The van der Waals surface area contributed by atoms with Crippen LogP contribution in [0, 0.1) is 6.92 Å². The van der Waals surface area contributed by atoms with Crippen LogP contribution in [0.25, 0.3) is 0 Å². The number of anilines is 1. The quantitative estimate of drug-likeness (QED) is 0.842.